The second-order valence-electron chi connectivity index (χ2n) is 6.85. The summed E-state index contributed by atoms with van der Waals surface area (Å²) in [5.74, 6) is 1.09. The highest BCUT2D eigenvalue weighted by Crippen LogP contribution is 2.31. The number of furan rings is 1. The number of hydrogen-bond donors (Lipinski definition) is 1. The summed E-state index contributed by atoms with van der Waals surface area (Å²) in [6, 6.07) is 7.08. The van der Waals surface area contributed by atoms with Gasteiger partial charge in [0, 0.05) is 17.0 Å². The molecule has 0 saturated heterocycles. The molecule has 0 aliphatic carbocycles. The average molecular weight is 273 g/mol. The average Bonchev–Trinajstić information content (AvgIpc) is 2.71. The monoisotopic (exact) mass is 273 g/mol. The highest BCUT2D eigenvalue weighted by atomic mass is 16.3. The normalized spacial score (nSPS) is 12.6. The fraction of sp³-hybridized carbons (Fsp3) is 0.556. The maximum atomic E-state index is 6.05. The van der Waals surface area contributed by atoms with E-state index in [1.54, 1.807) is 0 Å². The Morgan fingerprint density at radius 2 is 1.90 bits per heavy atom. The van der Waals surface area contributed by atoms with Gasteiger partial charge in [-0.1, -0.05) is 47.6 Å². The zero-order valence-corrected chi connectivity index (χ0v) is 13.6. The smallest absolute Gasteiger partial charge is 0.134 e. The van der Waals surface area contributed by atoms with Crippen LogP contribution in [0.1, 0.15) is 58.4 Å². The Balaban J connectivity index is 2.46. The molecule has 1 aromatic carbocycles. The second-order valence-corrected chi connectivity index (χ2v) is 6.85. The molecule has 0 saturated carbocycles. The molecule has 0 bridgehead atoms. The van der Waals surface area contributed by atoms with Gasteiger partial charge in [0.05, 0.1) is 6.54 Å². The molecule has 1 aromatic heterocycles. The van der Waals surface area contributed by atoms with E-state index in [-0.39, 0.29) is 5.41 Å². The van der Waals surface area contributed by atoms with E-state index in [0.29, 0.717) is 6.04 Å². The van der Waals surface area contributed by atoms with Crippen molar-refractivity contribution in [3.8, 4) is 0 Å². The van der Waals surface area contributed by atoms with Crippen molar-refractivity contribution in [2.75, 3.05) is 0 Å². The molecule has 2 nitrogen and oxygen atoms in total. The maximum Gasteiger partial charge on any atom is 0.134 e. The minimum absolute atomic E-state index is 0.173. The van der Waals surface area contributed by atoms with Crippen molar-refractivity contribution in [2.24, 2.45) is 0 Å². The molecule has 110 valence electrons. The van der Waals surface area contributed by atoms with Gasteiger partial charge in [-0.25, -0.2) is 0 Å². The minimum Gasteiger partial charge on any atom is -0.459 e. The van der Waals surface area contributed by atoms with Crippen LogP contribution in [0, 0.1) is 0 Å². The van der Waals surface area contributed by atoms with Gasteiger partial charge in [-0.2, -0.15) is 0 Å². The topological polar surface area (TPSA) is 25.2 Å². The van der Waals surface area contributed by atoms with Crippen molar-refractivity contribution in [1.29, 1.82) is 0 Å². The van der Waals surface area contributed by atoms with Crippen LogP contribution in [0.25, 0.3) is 11.0 Å². The predicted molar refractivity (Wildman–Crippen MR) is 86.3 cm³/mol. The highest BCUT2D eigenvalue weighted by molar-refractivity contribution is 5.83. The van der Waals surface area contributed by atoms with Crippen LogP contribution in [0.15, 0.2) is 22.6 Å². The van der Waals surface area contributed by atoms with Crippen molar-refractivity contribution in [1.82, 2.24) is 5.32 Å². The first-order chi connectivity index (χ1) is 9.32. The Hall–Kier alpha value is -1.28. The lowest BCUT2D eigenvalue weighted by molar-refractivity contribution is 0.483. The number of hydrogen-bond acceptors (Lipinski definition) is 2. The SMILES string of the molecule is CCc1c(CNC(C)C)oc2ccc(C(C)(C)C)cc12. The molecule has 2 aromatic rings. The molecule has 0 fully saturated rings. The summed E-state index contributed by atoms with van der Waals surface area (Å²) < 4.78 is 6.05. The molecule has 0 unspecified atom stereocenters. The van der Waals surface area contributed by atoms with Crippen LogP contribution in [-0.2, 0) is 18.4 Å². The van der Waals surface area contributed by atoms with Gasteiger partial charge >= 0.3 is 0 Å². The number of nitrogens with one attached hydrogen (secondary N) is 1. The van der Waals surface area contributed by atoms with E-state index in [9.17, 15) is 0 Å². The highest BCUT2D eigenvalue weighted by Gasteiger charge is 2.18. The Bertz CT molecular complexity index is 587. The first-order valence-electron chi connectivity index (χ1n) is 7.61. The molecule has 0 spiro atoms. The van der Waals surface area contributed by atoms with Gasteiger partial charge in [0.1, 0.15) is 11.3 Å². The van der Waals surface area contributed by atoms with E-state index in [1.165, 1.54) is 16.5 Å². The van der Waals surface area contributed by atoms with Crippen LogP contribution in [0.4, 0.5) is 0 Å². The molecule has 0 aliphatic rings. The lowest BCUT2D eigenvalue weighted by Gasteiger charge is -2.18. The van der Waals surface area contributed by atoms with Gasteiger partial charge in [-0.15, -0.1) is 0 Å². The molecule has 0 amide bonds. The van der Waals surface area contributed by atoms with Gasteiger partial charge in [-0.05, 0) is 29.5 Å². The van der Waals surface area contributed by atoms with Gasteiger partial charge < -0.3 is 9.73 Å². The summed E-state index contributed by atoms with van der Waals surface area (Å²) in [5, 5.41) is 4.73. The molecular weight excluding hydrogens is 246 g/mol. The number of fused-ring (bicyclic) bond motifs is 1. The van der Waals surface area contributed by atoms with Crippen molar-refractivity contribution in [2.45, 2.75) is 66.0 Å². The van der Waals surface area contributed by atoms with Crippen LogP contribution in [0.5, 0.6) is 0 Å². The zero-order chi connectivity index (χ0) is 14.9. The Morgan fingerprint density at radius 1 is 1.20 bits per heavy atom. The second kappa shape index (κ2) is 5.61. The van der Waals surface area contributed by atoms with Crippen LogP contribution in [0.3, 0.4) is 0 Å². The Kier molecular flexibility index (Phi) is 4.24. The van der Waals surface area contributed by atoms with Crippen LogP contribution < -0.4 is 5.32 Å². The van der Waals surface area contributed by atoms with Gasteiger partial charge in [-0.3, -0.25) is 0 Å². The molecule has 0 atom stereocenters. The zero-order valence-electron chi connectivity index (χ0n) is 13.6. The van der Waals surface area contributed by atoms with E-state index in [1.807, 2.05) is 0 Å². The third-order valence-corrected chi connectivity index (χ3v) is 3.76. The van der Waals surface area contributed by atoms with Gasteiger partial charge in [0.25, 0.3) is 0 Å². The molecule has 2 rings (SSSR count). The summed E-state index contributed by atoms with van der Waals surface area (Å²) >= 11 is 0. The molecule has 0 radical (unpaired) electrons. The van der Waals surface area contributed by atoms with Crippen molar-refractivity contribution < 1.29 is 4.42 Å². The van der Waals surface area contributed by atoms with E-state index >= 15 is 0 Å². The summed E-state index contributed by atoms with van der Waals surface area (Å²) in [6.07, 6.45) is 1.01. The van der Waals surface area contributed by atoms with Crippen molar-refractivity contribution in [3.05, 3.63) is 35.1 Å². The van der Waals surface area contributed by atoms with Crippen LogP contribution in [-0.4, -0.2) is 6.04 Å². The van der Waals surface area contributed by atoms with Gasteiger partial charge in [0.2, 0.25) is 0 Å². The lowest BCUT2D eigenvalue weighted by atomic mass is 9.86. The van der Waals surface area contributed by atoms with Crippen LogP contribution in [0.2, 0.25) is 0 Å². The number of benzene rings is 1. The van der Waals surface area contributed by atoms with Crippen LogP contribution >= 0.6 is 0 Å². The van der Waals surface area contributed by atoms with E-state index in [2.05, 4.69) is 65.1 Å². The number of rotatable bonds is 4. The maximum absolute atomic E-state index is 6.05. The summed E-state index contributed by atoms with van der Waals surface area (Å²) in [6.45, 7) is 14.1. The first kappa shape index (κ1) is 15.1. The Morgan fingerprint density at radius 3 is 2.45 bits per heavy atom. The molecule has 1 heterocycles. The minimum atomic E-state index is 0.173. The van der Waals surface area contributed by atoms with E-state index in [4.69, 9.17) is 4.42 Å². The molecule has 0 aliphatic heterocycles. The van der Waals surface area contributed by atoms with Crippen molar-refractivity contribution >= 4 is 11.0 Å². The molecule has 2 heteroatoms. The standard InChI is InChI=1S/C18H27NO/c1-7-14-15-10-13(18(4,5)6)8-9-16(15)20-17(14)11-19-12(2)3/h8-10,12,19H,7,11H2,1-6H3. The summed E-state index contributed by atoms with van der Waals surface area (Å²) in [4.78, 5) is 0. The van der Waals surface area contributed by atoms with E-state index in [0.717, 1.165) is 24.3 Å². The van der Waals surface area contributed by atoms with Gasteiger partial charge in [0.15, 0.2) is 0 Å². The fourth-order valence-electron chi connectivity index (χ4n) is 2.49. The van der Waals surface area contributed by atoms with Crippen molar-refractivity contribution in [3.63, 3.8) is 0 Å². The third-order valence-electron chi connectivity index (χ3n) is 3.76. The number of aryl methyl sites for hydroxylation is 1. The molecule has 1 N–H and O–H groups in total. The van der Waals surface area contributed by atoms with E-state index < -0.39 is 0 Å². The fourth-order valence-corrected chi connectivity index (χ4v) is 2.49. The summed E-state index contributed by atoms with van der Waals surface area (Å²) in [7, 11) is 0. The molecular formula is C18H27NO. The first-order valence-corrected chi connectivity index (χ1v) is 7.61. The molecule has 20 heavy (non-hydrogen) atoms. The quantitative estimate of drug-likeness (QED) is 0.866. The Labute approximate surface area is 122 Å². The lowest BCUT2D eigenvalue weighted by Crippen LogP contribution is -2.22. The third kappa shape index (κ3) is 3.06. The largest absolute Gasteiger partial charge is 0.459 e. The predicted octanol–water partition coefficient (Wildman–Crippen LogP) is 4.79. The summed E-state index contributed by atoms with van der Waals surface area (Å²) in [5.41, 5.74) is 3.89.